The number of nitrogens with one attached hydrogen (secondary N) is 1. The Bertz CT molecular complexity index is 942. The summed E-state index contributed by atoms with van der Waals surface area (Å²) in [5, 5.41) is 17.6. The van der Waals surface area contributed by atoms with Crippen LogP contribution in [0, 0.1) is 17.0 Å². The number of nitro groups is 1. The van der Waals surface area contributed by atoms with Crippen molar-refractivity contribution >= 4 is 28.6 Å². The van der Waals surface area contributed by atoms with Gasteiger partial charge in [-0.15, -0.1) is 0 Å². The van der Waals surface area contributed by atoms with Crippen molar-refractivity contribution in [3.8, 4) is 0 Å². The molecule has 1 atom stereocenters. The number of hydrogen-bond donors (Lipinski definition) is 1. The quantitative estimate of drug-likeness (QED) is 0.583. The lowest BCUT2D eigenvalue weighted by Crippen LogP contribution is -2.26. The standard InChI is InChI=1S/C15H16N6O3/c1-9-13(21(23)24)8-16-20(9)10(2)14(22)18-15-17-11-6-4-5-7-12(11)19(15)3/h4-8,10H,1-3H3,(H,17,18,22). The van der Waals surface area contributed by atoms with Crippen LogP contribution in [0.1, 0.15) is 18.7 Å². The largest absolute Gasteiger partial charge is 0.313 e. The molecule has 3 aromatic rings. The van der Waals surface area contributed by atoms with Crippen LogP contribution < -0.4 is 5.32 Å². The first-order valence-corrected chi connectivity index (χ1v) is 7.31. The molecule has 24 heavy (non-hydrogen) atoms. The molecule has 124 valence electrons. The third-order valence-electron chi connectivity index (χ3n) is 3.98. The van der Waals surface area contributed by atoms with Crippen molar-refractivity contribution in [3.05, 3.63) is 46.3 Å². The number of imidazole rings is 1. The molecule has 1 aromatic carbocycles. The number of rotatable bonds is 4. The van der Waals surface area contributed by atoms with Crippen molar-refractivity contribution in [3.63, 3.8) is 0 Å². The molecular weight excluding hydrogens is 312 g/mol. The van der Waals surface area contributed by atoms with Gasteiger partial charge in [-0.05, 0) is 26.0 Å². The van der Waals surface area contributed by atoms with Gasteiger partial charge in [0.25, 0.3) is 5.91 Å². The van der Waals surface area contributed by atoms with E-state index in [1.165, 1.54) is 4.68 Å². The van der Waals surface area contributed by atoms with Gasteiger partial charge >= 0.3 is 5.69 Å². The molecule has 1 N–H and O–H groups in total. The summed E-state index contributed by atoms with van der Waals surface area (Å²) in [7, 11) is 1.81. The van der Waals surface area contributed by atoms with Gasteiger partial charge in [0, 0.05) is 7.05 Å². The summed E-state index contributed by atoms with van der Waals surface area (Å²) in [6, 6.07) is 6.82. The van der Waals surface area contributed by atoms with Crippen molar-refractivity contribution in [1.82, 2.24) is 19.3 Å². The van der Waals surface area contributed by atoms with Gasteiger partial charge in [-0.2, -0.15) is 5.10 Å². The Hall–Kier alpha value is -3.23. The van der Waals surface area contributed by atoms with Gasteiger partial charge < -0.3 is 4.57 Å². The number of hydrogen-bond acceptors (Lipinski definition) is 5. The summed E-state index contributed by atoms with van der Waals surface area (Å²) in [5.74, 6) is 0.0573. The average Bonchev–Trinajstić information content (AvgIpc) is 3.08. The monoisotopic (exact) mass is 328 g/mol. The van der Waals surface area contributed by atoms with E-state index in [4.69, 9.17) is 0 Å². The fourth-order valence-corrected chi connectivity index (χ4v) is 2.57. The lowest BCUT2D eigenvalue weighted by atomic mass is 10.3. The lowest BCUT2D eigenvalue weighted by molar-refractivity contribution is -0.385. The number of aryl methyl sites for hydroxylation is 1. The Morgan fingerprint density at radius 2 is 2.08 bits per heavy atom. The molecule has 2 aromatic heterocycles. The molecule has 0 spiro atoms. The summed E-state index contributed by atoms with van der Waals surface area (Å²) in [6.07, 6.45) is 1.15. The number of amides is 1. The van der Waals surface area contributed by atoms with Crippen LogP contribution in [-0.2, 0) is 11.8 Å². The van der Waals surface area contributed by atoms with Gasteiger partial charge in [0.15, 0.2) is 0 Å². The minimum Gasteiger partial charge on any atom is -0.313 e. The predicted octanol–water partition coefficient (Wildman–Crippen LogP) is 2.19. The minimum absolute atomic E-state index is 0.114. The van der Waals surface area contributed by atoms with E-state index in [-0.39, 0.29) is 11.6 Å². The zero-order chi connectivity index (χ0) is 17.4. The van der Waals surface area contributed by atoms with Crippen molar-refractivity contribution in [2.24, 2.45) is 7.05 Å². The molecule has 9 nitrogen and oxygen atoms in total. The molecular formula is C15H16N6O3. The Labute approximate surface area is 137 Å². The lowest BCUT2D eigenvalue weighted by Gasteiger charge is -2.13. The van der Waals surface area contributed by atoms with Gasteiger partial charge in [0.1, 0.15) is 17.9 Å². The molecule has 0 aliphatic heterocycles. The van der Waals surface area contributed by atoms with Gasteiger partial charge in [0.2, 0.25) is 5.95 Å². The average molecular weight is 328 g/mol. The summed E-state index contributed by atoms with van der Waals surface area (Å²) >= 11 is 0. The Balaban J connectivity index is 1.86. The normalized spacial score (nSPS) is 12.3. The third-order valence-corrected chi connectivity index (χ3v) is 3.98. The second-order valence-electron chi connectivity index (χ2n) is 5.47. The summed E-state index contributed by atoms with van der Waals surface area (Å²) in [6.45, 7) is 3.19. The van der Waals surface area contributed by atoms with E-state index in [0.717, 1.165) is 17.2 Å². The molecule has 0 fully saturated rings. The number of anilines is 1. The van der Waals surface area contributed by atoms with E-state index in [1.807, 2.05) is 24.3 Å². The number of para-hydroxylation sites is 2. The fourth-order valence-electron chi connectivity index (χ4n) is 2.57. The van der Waals surface area contributed by atoms with Crippen molar-refractivity contribution in [2.45, 2.75) is 19.9 Å². The molecule has 2 heterocycles. The maximum atomic E-state index is 12.5. The van der Waals surface area contributed by atoms with E-state index in [2.05, 4.69) is 15.4 Å². The highest BCUT2D eigenvalue weighted by molar-refractivity contribution is 5.93. The second-order valence-corrected chi connectivity index (χ2v) is 5.47. The first-order valence-electron chi connectivity index (χ1n) is 7.31. The molecule has 9 heteroatoms. The number of fused-ring (bicyclic) bond motifs is 1. The first kappa shape index (κ1) is 15.7. The Morgan fingerprint density at radius 1 is 1.38 bits per heavy atom. The molecule has 0 aliphatic rings. The highest BCUT2D eigenvalue weighted by atomic mass is 16.6. The molecule has 3 rings (SSSR count). The first-order chi connectivity index (χ1) is 11.4. The van der Waals surface area contributed by atoms with Crippen molar-refractivity contribution < 1.29 is 9.72 Å². The predicted molar refractivity (Wildman–Crippen MR) is 87.7 cm³/mol. The number of carbonyl (C=O) groups is 1. The molecule has 1 unspecified atom stereocenters. The zero-order valence-electron chi connectivity index (χ0n) is 13.4. The van der Waals surface area contributed by atoms with E-state index in [0.29, 0.717) is 11.6 Å². The van der Waals surface area contributed by atoms with E-state index in [9.17, 15) is 14.9 Å². The molecule has 1 amide bonds. The van der Waals surface area contributed by atoms with Gasteiger partial charge in [-0.25, -0.2) is 4.98 Å². The van der Waals surface area contributed by atoms with Gasteiger partial charge in [-0.1, -0.05) is 12.1 Å². The van der Waals surface area contributed by atoms with Crippen LogP contribution in [0.15, 0.2) is 30.5 Å². The van der Waals surface area contributed by atoms with E-state index >= 15 is 0 Å². The number of aromatic nitrogens is 4. The van der Waals surface area contributed by atoms with Gasteiger partial charge in [0.05, 0.1) is 16.0 Å². The highest BCUT2D eigenvalue weighted by Crippen LogP contribution is 2.22. The molecule has 0 radical (unpaired) electrons. The SMILES string of the molecule is Cc1c([N+](=O)[O-])cnn1C(C)C(=O)Nc1nc2ccccc2n1C. The Kier molecular flexibility index (Phi) is 3.76. The van der Waals surface area contributed by atoms with Crippen LogP contribution in [-0.4, -0.2) is 30.2 Å². The van der Waals surface area contributed by atoms with Crippen LogP contribution in [0.2, 0.25) is 0 Å². The highest BCUT2D eigenvalue weighted by Gasteiger charge is 2.24. The number of benzene rings is 1. The molecule has 0 bridgehead atoms. The van der Waals surface area contributed by atoms with Gasteiger partial charge in [-0.3, -0.25) is 24.9 Å². The molecule has 0 aliphatic carbocycles. The minimum atomic E-state index is -0.710. The van der Waals surface area contributed by atoms with Crippen LogP contribution in [0.3, 0.4) is 0 Å². The topological polar surface area (TPSA) is 108 Å². The second kappa shape index (κ2) is 5.76. The van der Waals surface area contributed by atoms with E-state index in [1.54, 1.807) is 25.5 Å². The van der Waals surface area contributed by atoms with Crippen molar-refractivity contribution in [1.29, 1.82) is 0 Å². The van der Waals surface area contributed by atoms with Crippen LogP contribution in [0.4, 0.5) is 11.6 Å². The summed E-state index contributed by atoms with van der Waals surface area (Å²) < 4.78 is 3.11. The van der Waals surface area contributed by atoms with Crippen LogP contribution >= 0.6 is 0 Å². The smallest absolute Gasteiger partial charge is 0.309 e. The molecule has 0 saturated heterocycles. The number of carbonyl (C=O) groups excluding carboxylic acids is 1. The van der Waals surface area contributed by atoms with Crippen LogP contribution in [0.5, 0.6) is 0 Å². The summed E-state index contributed by atoms with van der Waals surface area (Å²) in [4.78, 5) is 27.2. The zero-order valence-corrected chi connectivity index (χ0v) is 13.4. The maximum absolute atomic E-state index is 12.5. The Morgan fingerprint density at radius 3 is 2.71 bits per heavy atom. The fraction of sp³-hybridized carbons (Fsp3) is 0.267. The maximum Gasteiger partial charge on any atom is 0.309 e. The van der Waals surface area contributed by atoms with E-state index < -0.39 is 11.0 Å². The third kappa shape index (κ3) is 2.49. The molecule has 0 saturated carbocycles. The number of nitrogens with zero attached hydrogens (tertiary/aromatic N) is 5. The summed E-state index contributed by atoms with van der Waals surface area (Å²) in [5.41, 5.74) is 1.88. The van der Waals surface area contributed by atoms with Crippen molar-refractivity contribution in [2.75, 3.05) is 5.32 Å². The van der Waals surface area contributed by atoms with Crippen LogP contribution in [0.25, 0.3) is 11.0 Å².